The number of carbonyl (C=O) groups is 1. The third-order valence-electron chi connectivity index (χ3n) is 3.32. The molecule has 1 amide bonds. The lowest BCUT2D eigenvalue weighted by Crippen LogP contribution is -2.34. The molecule has 2 aromatic rings. The van der Waals surface area contributed by atoms with E-state index in [0.29, 0.717) is 12.1 Å². The van der Waals surface area contributed by atoms with Gasteiger partial charge in [-0.15, -0.1) is 0 Å². The number of rotatable bonds is 6. The second-order valence-corrected chi connectivity index (χ2v) is 5.22. The molecule has 21 heavy (non-hydrogen) atoms. The van der Waals surface area contributed by atoms with Gasteiger partial charge >= 0.3 is 0 Å². The van der Waals surface area contributed by atoms with E-state index in [0.717, 1.165) is 24.4 Å². The van der Waals surface area contributed by atoms with Gasteiger partial charge in [-0.05, 0) is 26.3 Å². The summed E-state index contributed by atoms with van der Waals surface area (Å²) in [6, 6.07) is 1.36. The Morgan fingerprint density at radius 2 is 2.24 bits per heavy atom. The van der Waals surface area contributed by atoms with Crippen molar-refractivity contribution in [1.29, 1.82) is 0 Å². The average molecular weight is 290 g/mol. The predicted octanol–water partition coefficient (Wildman–Crippen LogP) is 0.440. The summed E-state index contributed by atoms with van der Waals surface area (Å²) in [6.07, 6.45) is 4.17. The van der Waals surface area contributed by atoms with Crippen molar-refractivity contribution in [3.63, 3.8) is 0 Å². The third kappa shape index (κ3) is 3.91. The Labute approximate surface area is 124 Å². The van der Waals surface area contributed by atoms with Crippen LogP contribution in [0.4, 0.5) is 0 Å². The van der Waals surface area contributed by atoms with Crippen LogP contribution in [0.25, 0.3) is 0 Å². The molecule has 2 aromatic heterocycles. The fourth-order valence-electron chi connectivity index (χ4n) is 2.20. The van der Waals surface area contributed by atoms with Crippen LogP contribution in [0.1, 0.15) is 29.4 Å². The molecule has 0 spiro atoms. The van der Waals surface area contributed by atoms with Crippen LogP contribution in [-0.2, 0) is 18.4 Å². The van der Waals surface area contributed by atoms with Crippen LogP contribution in [0, 0.1) is 13.8 Å². The van der Waals surface area contributed by atoms with Crippen molar-refractivity contribution in [2.45, 2.75) is 32.9 Å². The number of aryl methyl sites for hydroxylation is 4. The molecule has 0 fully saturated rings. The van der Waals surface area contributed by atoms with Crippen molar-refractivity contribution in [2.24, 2.45) is 12.8 Å². The van der Waals surface area contributed by atoms with Crippen LogP contribution in [0.2, 0.25) is 0 Å². The van der Waals surface area contributed by atoms with E-state index in [-0.39, 0.29) is 5.91 Å². The number of nitrogens with zero attached hydrogens (tertiary/aromatic N) is 4. The van der Waals surface area contributed by atoms with Crippen LogP contribution < -0.4 is 11.1 Å². The number of nitrogens with two attached hydrogens (primary N) is 1. The standard InChI is InChI=1S/C14H22N6O/c1-10-7-11(2)20(18-10)6-4-5-16-14(21)13(15)12-8-17-19(3)9-12/h7-9,13H,4-6,15H2,1-3H3,(H,16,21). The van der Waals surface area contributed by atoms with E-state index >= 15 is 0 Å². The van der Waals surface area contributed by atoms with E-state index in [1.807, 2.05) is 24.6 Å². The first-order valence-electron chi connectivity index (χ1n) is 7.00. The maximum absolute atomic E-state index is 11.9. The molecule has 0 aliphatic carbocycles. The van der Waals surface area contributed by atoms with Crippen LogP contribution in [-0.4, -0.2) is 32.0 Å². The summed E-state index contributed by atoms with van der Waals surface area (Å²) in [5.74, 6) is -0.184. The minimum absolute atomic E-state index is 0.184. The van der Waals surface area contributed by atoms with Crippen molar-refractivity contribution in [3.05, 3.63) is 35.4 Å². The van der Waals surface area contributed by atoms with Crippen molar-refractivity contribution in [2.75, 3.05) is 6.54 Å². The number of hydrogen-bond donors (Lipinski definition) is 2. The molecule has 0 aromatic carbocycles. The number of hydrogen-bond acceptors (Lipinski definition) is 4. The van der Waals surface area contributed by atoms with Crippen LogP contribution in [0.15, 0.2) is 18.5 Å². The zero-order valence-corrected chi connectivity index (χ0v) is 12.7. The van der Waals surface area contributed by atoms with E-state index in [1.54, 1.807) is 24.1 Å². The van der Waals surface area contributed by atoms with Gasteiger partial charge in [0.05, 0.1) is 11.9 Å². The largest absolute Gasteiger partial charge is 0.354 e. The summed E-state index contributed by atoms with van der Waals surface area (Å²) in [7, 11) is 1.79. The molecule has 0 bridgehead atoms. The molecule has 0 aliphatic rings. The van der Waals surface area contributed by atoms with Gasteiger partial charge in [-0.3, -0.25) is 14.2 Å². The minimum Gasteiger partial charge on any atom is -0.354 e. The lowest BCUT2D eigenvalue weighted by Gasteiger charge is -2.11. The van der Waals surface area contributed by atoms with E-state index in [1.165, 1.54) is 0 Å². The molecule has 2 rings (SSSR count). The Balaban J connectivity index is 1.75. The van der Waals surface area contributed by atoms with Gasteiger partial charge in [0, 0.05) is 37.6 Å². The van der Waals surface area contributed by atoms with Gasteiger partial charge in [-0.1, -0.05) is 0 Å². The molecule has 114 valence electrons. The lowest BCUT2D eigenvalue weighted by molar-refractivity contribution is -0.122. The summed E-state index contributed by atoms with van der Waals surface area (Å²) < 4.78 is 3.58. The molecule has 0 radical (unpaired) electrons. The second kappa shape index (κ2) is 6.53. The Morgan fingerprint density at radius 1 is 1.48 bits per heavy atom. The molecular formula is C14H22N6O. The minimum atomic E-state index is -0.674. The number of carbonyl (C=O) groups excluding carboxylic acids is 1. The molecule has 7 nitrogen and oxygen atoms in total. The SMILES string of the molecule is Cc1cc(C)n(CCCNC(=O)C(N)c2cnn(C)c2)n1. The van der Waals surface area contributed by atoms with Crippen molar-refractivity contribution >= 4 is 5.91 Å². The normalized spacial score (nSPS) is 12.4. The van der Waals surface area contributed by atoms with Crippen LogP contribution in [0.5, 0.6) is 0 Å². The van der Waals surface area contributed by atoms with Gasteiger partial charge in [0.25, 0.3) is 0 Å². The Kier molecular flexibility index (Phi) is 4.74. The average Bonchev–Trinajstić information content (AvgIpc) is 2.99. The third-order valence-corrected chi connectivity index (χ3v) is 3.32. The van der Waals surface area contributed by atoms with Gasteiger partial charge in [-0.2, -0.15) is 10.2 Å². The molecule has 2 heterocycles. The Morgan fingerprint density at radius 3 is 2.81 bits per heavy atom. The molecule has 0 saturated heterocycles. The summed E-state index contributed by atoms with van der Waals surface area (Å²) in [5, 5.41) is 11.2. The smallest absolute Gasteiger partial charge is 0.241 e. The first-order valence-corrected chi connectivity index (χ1v) is 7.00. The first-order chi connectivity index (χ1) is 9.97. The van der Waals surface area contributed by atoms with E-state index in [2.05, 4.69) is 15.5 Å². The Hall–Kier alpha value is -2.15. The first kappa shape index (κ1) is 15.2. The van der Waals surface area contributed by atoms with Crippen molar-refractivity contribution in [1.82, 2.24) is 24.9 Å². The topological polar surface area (TPSA) is 90.8 Å². The number of amides is 1. The maximum Gasteiger partial charge on any atom is 0.241 e. The molecule has 1 unspecified atom stereocenters. The summed E-state index contributed by atoms with van der Waals surface area (Å²) in [4.78, 5) is 11.9. The van der Waals surface area contributed by atoms with Gasteiger partial charge in [0.2, 0.25) is 5.91 Å². The fourth-order valence-corrected chi connectivity index (χ4v) is 2.20. The highest BCUT2D eigenvalue weighted by Crippen LogP contribution is 2.08. The summed E-state index contributed by atoms with van der Waals surface area (Å²) in [5.41, 5.74) is 8.75. The fraction of sp³-hybridized carbons (Fsp3) is 0.500. The lowest BCUT2D eigenvalue weighted by atomic mass is 10.1. The second-order valence-electron chi connectivity index (χ2n) is 5.22. The van der Waals surface area contributed by atoms with E-state index < -0.39 is 6.04 Å². The van der Waals surface area contributed by atoms with Gasteiger partial charge in [0.1, 0.15) is 6.04 Å². The molecule has 7 heteroatoms. The summed E-state index contributed by atoms with van der Waals surface area (Å²) in [6.45, 7) is 5.35. The summed E-state index contributed by atoms with van der Waals surface area (Å²) >= 11 is 0. The number of aromatic nitrogens is 4. The zero-order chi connectivity index (χ0) is 15.4. The highest BCUT2D eigenvalue weighted by Gasteiger charge is 2.16. The van der Waals surface area contributed by atoms with Crippen LogP contribution >= 0.6 is 0 Å². The maximum atomic E-state index is 11.9. The molecule has 3 N–H and O–H groups in total. The van der Waals surface area contributed by atoms with Gasteiger partial charge in [-0.25, -0.2) is 0 Å². The van der Waals surface area contributed by atoms with Crippen molar-refractivity contribution in [3.8, 4) is 0 Å². The molecule has 1 atom stereocenters. The molecular weight excluding hydrogens is 268 g/mol. The van der Waals surface area contributed by atoms with Gasteiger partial charge in [0.15, 0.2) is 0 Å². The monoisotopic (exact) mass is 290 g/mol. The highest BCUT2D eigenvalue weighted by molar-refractivity contribution is 5.82. The Bertz CT molecular complexity index is 615. The van der Waals surface area contributed by atoms with E-state index in [4.69, 9.17) is 5.73 Å². The highest BCUT2D eigenvalue weighted by atomic mass is 16.2. The molecule has 0 aliphatic heterocycles. The zero-order valence-electron chi connectivity index (χ0n) is 12.7. The predicted molar refractivity (Wildman–Crippen MR) is 79.5 cm³/mol. The van der Waals surface area contributed by atoms with E-state index in [9.17, 15) is 4.79 Å². The molecule has 0 saturated carbocycles. The quantitative estimate of drug-likeness (QED) is 0.755. The number of nitrogens with one attached hydrogen (secondary N) is 1. The van der Waals surface area contributed by atoms with Crippen LogP contribution in [0.3, 0.4) is 0 Å². The van der Waals surface area contributed by atoms with Crippen molar-refractivity contribution < 1.29 is 4.79 Å². The van der Waals surface area contributed by atoms with Gasteiger partial charge < -0.3 is 11.1 Å².